The Morgan fingerprint density at radius 3 is 1.77 bits per heavy atom. The van der Waals surface area contributed by atoms with E-state index >= 15 is 17.6 Å². The van der Waals surface area contributed by atoms with Crippen molar-refractivity contribution in [1.82, 2.24) is 0 Å². The van der Waals surface area contributed by atoms with Crippen molar-refractivity contribution in [3.8, 4) is 39.1 Å². The number of allylic oxidation sites excluding steroid dienone is 1. The van der Waals surface area contributed by atoms with E-state index in [0.29, 0.717) is 23.3 Å². The molecule has 0 atom stereocenters. The fraction of sp³-hybridized carbons (Fsp3) is 0.0857. The predicted molar refractivity (Wildman–Crippen MR) is 162 cm³/mol. The second-order valence-electron chi connectivity index (χ2n) is 10.4. The summed E-state index contributed by atoms with van der Waals surface area (Å²) in [5.41, 5.74) is -1.56. The highest BCUT2D eigenvalue weighted by Crippen LogP contribution is 2.40. The number of hydrogen-bond donors (Lipinski definition) is 0. The molecule has 0 amide bonds. The van der Waals surface area contributed by atoms with Gasteiger partial charge in [0.05, 0.1) is 10.6 Å². The molecule has 5 aromatic rings. The lowest BCUT2D eigenvalue weighted by molar-refractivity contribution is -0.188. The van der Waals surface area contributed by atoms with Gasteiger partial charge in [0.1, 0.15) is 28.3 Å². The van der Waals surface area contributed by atoms with E-state index in [4.69, 9.17) is 23.2 Å². The summed E-state index contributed by atoms with van der Waals surface area (Å²) in [4.78, 5) is 0. The molecule has 0 bridgehead atoms. The minimum absolute atomic E-state index is 0.0273. The van der Waals surface area contributed by atoms with E-state index in [9.17, 15) is 26.3 Å². The van der Waals surface area contributed by atoms with Crippen LogP contribution < -0.4 is 4.74 Å². The van der Waals surface area contributed by atoms with E-state index in [-0.39, 0.29) is 29.5 Å². The summed E-state index contributed by atoms with van der Waals surface area (Å²) in [7, 11) is 0. The molecule has 0 saturated carbocycles. The monoisotopic (exact) mass is 714 g/mol. The third kappa shape index (κ3) is 7.47. The Labute approximate surface area is 276 Å². The Hall–Kier alpha value is -4.48. The minimum atomic E-state index is -4.45. The molecule has 0 heterocycles. The second kappa shape index (κ2) is 13.9. The van der Waals surface area contributed by atoms with Crippen LogP contribution in [0.4, 0.5) is 43.9 Å². The molecule has 0 aliphatic heterocycles. The van der Waals surface area contributed by atoms with Crippen molar-refractivity contribution >= 4 is 23.2 Å². The lowest BCUT2D eigenvalue weighted by Gasteiger charge is -2.20. The Balaban J connectivity index is 1.37. The van der Waals surface area contributed by atoms with Crippen LogP contribution in [0.1, 0.15) is 17.5 Å². The van der Waals surface area contributed by atoms with Gasteiger partial charge in [-0.3, -0.25) is 0 Å². The molecule has 0 radical (unpaired) electrons. The van der Waals surface area contributed by atoms with Gasteiger partial charge in [0, 0.05) is 11.1 Å². The average Bonchev–Trinajstić information content (AvgIpc) is 3.01. The molecule has 5 aromatic carbocycles. The summed E-state index contributed by atoms with van der Waals surface area (Å²) in [6, 6.07) is 12.7. The van der Waals surface area contributed by atoms with E-state index < -0.39 is 79.6 Å². The Bertz CT molecular complexity index is 1970. The molecular weight excluding hydrogens is 697 g/mol. The van der Waals surface area contributed by atoms with Crippen molar-refractivity contribution in [1.29, 1.82) is 0 Å². The first-order chi connectivity index (χ1) is 22.6. The van der Waals surface area contributed by atoms with Gasteiger partial charge in [0.15, 0.2) is 17.4 Å². The van der Waals surface area contributed by atoms with E-state index in [0.717, 1.165) is 48.5 Å². The maximum Gasteiger partial charge on any atom is 0.427 e. The maximum absolute atomic E-state index is 15.1. The molecule has 0 unspecified atom stereocenters. The molecule has 1 nitrogen and oxygen atoms in total. The zero-order valence-electron chi connectivity index (χ0n) is 23.9. The lowest BCUT2D eigenvalue weighted by Crippen LogP contribution is -2.23. The van der Waals surface area contributed by atoms with Crippen LogP contribution in [0.2, 0.25) is 10.0 Å². The minimum Gasteiger partial charge on any atom is -0.423 e. The third-order valence-corrected chi connectivity index (χ3v) is 7.84. The molecule has 0 fully saturated rings. The first-order valence-corrected chi connectivity index (χ1v) is 14.5. The molecule has 0 aliphatic carbocycles. The molecule has 0 aliphatic rings. The van der Waals surface area contributed by atoms with E-state index in [2.05, 4.69) is 4.74 Å². The number of hydrogen-bond acceptors (Lipinski definition) is 1. The highest BCUT2D eigenvalue weighted by Gasteiger charge is 2.37. The zero-order valence-corrected chi connectivity index (χ0v) is 25.5. The highest BCUT2D eigenvalue weighted by atomic mass is 35.5. The number of halogens is 12. The van der Waals surface area contributed by atoms with Gasteiger partial charge in [-0.1, -0.05) is 53.5 Å². The van der Waals surface area contributed by atoms with Gasteiger partial charge in [0.2, 0.25) is 0 Å². The second-order valence-corrected chi connectivity index (χ2v) is 11.2. The van der Waals surface area contributed by atoms with Gasteiger partial charge in [-0.2, -0.15) is 17.6 Å². The lowest BCUT2D eigenvalue weighted by atomic mass is 9.98. The predicted octanol–water partition coefficient (Wildman–Crippen LogP) is 12.7. The van der Waals surface area contributed by atoms with Gasteiger partial charge in [0.25, 0.3) is 6.08 Å². The number of aryl methyl sites for hydroxylation is 1. The van der Waals surface area contributed by atoms with Crippen molar-refractivity contribution in [3.05, 3.63) is 147 Å². The van der Waals surface area contributed by atoms with Gasteiger partial charge in [-0.25, -0.2) is 26.3 Å². The SMILES string of the molecule is FC(F)=CCCc1ccc(-c2cc(F)c(OC(F)(F)c3ccc(-c4cc(F)c(-c5cc(F)c(Cl)c(F)c5)c(Cl)c4)c(F)c3)c(F)c2)cc1. The van der Waals surface area contributed by atoms with Crippen LogP contribution in [0, 0.1) is 34.9 Å². The number of ether oxygens (including phenoxy) is 1. The fourth-order valence-corrected chi connectivity index (χ4v) is 5.28. The van der Waals surface area contributed by atoms with Gasteiger partial charge >= 0.3 is 6.11 Å². The van der Waals surface area contributed by atoms with Crippen LogP contribution in [-0.4, -0.2) is 0 Å². The Morgan fingerprint density at radius 2 is 1.21 bits per heavy atom. The molecule has 13 heteroatoms. The largest absolute Gasteiger partial charge is 0.427 e. The van der Waals surface area contributed by atoms with Crippen molar-refractivity contribution in [2.24, 2.45) is 0 Å². The van der Waals surface area contributed by atoms with Gasteiger partial charge in [-0.15, -0.1) is 0 Å². The first kappa shape index (κ1) is 34.8. The highest BCUT2D eigenvalue weighted by molar-refractivity contribution is 6.34. The number of benzene rings is 5. The zero-order chi connectivity index (χ0) is 34.9. The standard InChI is InChI=1S/C35H18Cl2F10O/c36-24-10-20(13-26(39)32(24)21-14-27(40)33(37)28(41)15-21)23-9-8-22(16-25(23)38)35(46,47)48-34-29(42)11-19(12-30(34)43)18-6-4-17(5-7-18)2-1-3-31(44)45/h3-16H,1-2H2. The molecule has 48 heavy (non-hydrogen) atoms. The molecular formula is C35H18Cl2F10O. The van der Waals surface area contributed by atoms with E-state index in [1.807, 2.05) is 0 Å². The van der Waals surface area contributed by atoms with E-state index in [1.165, 1.54) is 12.1 Å². The molecule has 0 aromatic heterocycles. The average molecular weight is 715 g/mol. The Morgan fingerprint density at radius 1 is 0.625 bits per heavy atom. The topological polar surface area (TPSA) is 9.23 Å². The van der Waals surface area contributed by atoms with Crippen molar-refractivity contribution < 1.29 is 48.6 Å². The summed E-state index contributed by atoms with van der Waals surface area (Å²) in [5.74, 6) is -9.21. The maximum atomic E-state index is 15.1. The van der Waals surface area contributed by atoms with Crippen LogP contribution in [0.25, 0.3) is 33.4 Å². The molecule has 0 saturated heterocycles. The van der Waals surface area contributed by atoms with Crippen LogP contribution in [0.5, 0.6) is 5.75 Å². The normalized spacial score (nSPS) is 11.5. The summed E-state index contributed by atoms with van der Waals surface area (Å²) in [6.45, 7) is 0. The van der Waals surface area contributed by atoms with Crippen molar-refractivity contribution in [2.75, 3.05) is 0 Å². The first-order valence-electron chi connectivity index (χ1n) is 13.8. The van der Waals surface area contributed by atoms with E-state index in [1.54, 1.807) is 12.1 Å². The Kier molecular flexibility index (Phi) is 10.1. The third-order valence-electron chi connectivity index (χ3n) is 7.18. The smallest absolute Gasteiger partial charge is 0.423 e. The van der Waals surface area contributed by atoms with Crippen LogP contribution in [0.15, 0.2) is 91.0 Å². The summed E-state index contributed by atoms with van der Waals surface area (Å²) in [5, 5.41) is -1.21. The van der Waals surface area contributed by atoms with Gasteiger partial charge < -0.3 is 4.74 Å². The van der Waals surface area contributed by atoms with Crippen LogP contribution in [-0.2, 0) is 12.5 Å². The summed E-state index contributed by atoms with van der Waals surface area (Å²) < 4.78 is 147. The molecule has 0 N–H and O–H groups in total. The molecule has 248 valence electrons. The number of alkyl halides is 2. The van der Waals surface area contributed by atoms with Gasteiger partial charge in [-0.05, 0) is 95.3 Å². The van der Waals surface area contributed by atoms with Crippen LogP contribution >= 0.6 is 23.2 Å². The fourth-order valence-electron chi connectivity index (χ4n) is 4.86. The van der Waals surface area contributed by atoms with Crippen LogP contribution in [0.3, 0.4) is 0 Å². The van der Waals surface area contributed by atoms with Crippen molar-refractivity contribution in [2.45, 2.75) is 19.0 Å². The quantitative estimate of drug-likeness (QED) is 0.109. The molecule has 5 rings (SSSR count). The summed E-state index contributed by atoms with van der Waals surface area (Å²) >= 11 is 11.6. The number of rotatable bonds is 9. The molecule has 0 spiro atoms. The summed E-state index contributed by atoms with van der Waals surface area (Å²) in [6.07, 6.45) is -5.14. The van der Waals surface area contributed by atoms with Crippen molar-refractivity contribution in [3.63, 3.8) is 0 Å².